The molecule has 22 heteroatoms. The van der Waals surface area contributed by atoms with E-state index < -0.39 is 224 Å². The molecule has 0 N–H and O–H groups in total. The van der Waals surface area contributed by atoms with Crippen LogP contribution in [-0.4, -0.2) is 128 Å². The van der Waals surface area contributed by atoms with Gasteiger partial charge < -0.3 is 0 Å². The van der Waals surface area contributed by atoms with Crippen molar-refractivity contribution < 1.29 is 82.3 Å². The first-order chi connectivity index (χ1) is 34.4. The number of carbonyl (C=O) groups excluding carboxylic acids is 8. The highest BCUT2D eigenvalue weighted by Crippen LogP contribution is 2.67. The molecule has 8 fully saturated rings. The molecule has 0 aromatic carbocycles. The maximum Gasteiger partial charge on any atom is 0.403 e. The summed E-state index contributed by atoms with van der Waals surface area (Å²) < 4.78 is 158. The molecule has 6 saturated carbocycles. The fraction of sp³-hybridized carbons (Fsp3) is 0.765. The van der Waals surface area contributed by atoms with Crippen molar-refractivity contribution in [2.24, 2.45) is 64.6 Å². The molecule has 4 heterocycles. The largest absolute Gasteiger partial charge is 0.403 e. The zero-order valence-electron chi connectivity index (χ0n) is 39.8. The minimum atomic E-state index is -5.98. The number of rotatable bonds is 8. The molecule has 0 radical (unpaired) electrons. The van der Waals surface area contributed by atoms with Gasteiger partial charge in [-0.15, -0.1) is 0 Å². The van der Waals surface area contributed by atoms with Crippen molar-refractivity contribution in [2.75, 3.05) is 0 Å². The third-order valence-electron chi connectivity index (χ3n) is 19.6. The second-order valence-electron chi connectivity index (χ2n) is 22.7. The van der Waals surface area contributed by atoms with Gasteiger partial charge in [-0.2, -0.15) is 26.3 Å². The lowest BCUT2D eigenvalue weighted by Gasteiger charge is -2.52. The van der Waals surface area contributed by atoms with Crippen molar-refractivity contribution in [1.82, 2.24) is 19.6 Å². The second-order valence-corrected chi connectivity index (χ2v) is 22.7. The van der Waals surface area contributed by atoms with Crippen LogP contribution >= 0.6 is 0 Å². The van der Waals surface area contributed by atoms with E-state index in [-0.39, 0.29) is 64.2 Å². The number of imide groups is 4. The molecule has 2 saturated heterocycles. The summed E-state index contributed by atoms with van der Waals surface area (Å²) in [4.78, 5) is 108. The molecule has 0 aromatic rings. The minimum Gasteiger partial charge on any atom is -0.279 e. The Morgan fingerprint density at radius 1 is 0.329 bits per heavy atom. The van der Waals surface area contributed by atoms with Crippen LogP contribution in [0, 0.1) is 64.6 Å². The third kappa shape index (κ3) is 8.37. The molecule has 6 aliphatic carbocycles. The Bertz CT molecular complexity index is 2180. The number of amides is 8. The number of hydrogen-bond donors (Lipinski definition) is 0. The standard InChI is InChI=1S/C51H58F10N4O8/c52-37-19-25(62-41(66)13-14-42(62)67)3-9-29(37)31-11-5-27(21-39(31)54)64-45(70)33-7-1-23(17-35(33)47(64)72)49(50(56,57)58,51(59,60)61)24-2-8-34-36(18-24)48(73)65(46(34)71)28-6-12-32(40(55)22-28)30-10-4-26(20-38(30)53)63-43(68)15-16-44(63)69/h13-16,23-40H,1-12,17-22H2. The Balaban J connectivity index is 0.793. The first kappa shape index (κ1) is 51.8. The van der Waals surface area contributed by atoms with Gasteiger partial charge in [0.2, 0.25) is 23.6 Å². The molecule has 10 rings (SSSR count). The van der Waals surface area contributed by atoms with Crippen LogP contribution in [0.5, 0.6) is 0 Å². The van der Waals surface area contributed by atoms with Gasteiger partial charge in [0.15, 0.2) is 5.41 Å². The van der Waals surface area contributed by atoms with E-state index in [1.165, 1.54) is 0 Å². The van der Waals surface area contributed by atoms with Crippen LogP contribution in [0.1, 0.15) is 116 Å². The van der Waals surface area contributed by atoms with E-state index >= 15 is 43.9 Å². The number of fused-ring (bicyclic) bond motifs is 2. The highest BCUT2D eigenvalue weighted by molar-refractivity contribution is 6.14. The van der Waals surface area contributed by atoms with Crippen molar-refractivity contribution >= 4 is 47.3 Å². The maximum atomic E-state index is 16.1. The Morgan fingerprint density at radius 3 is 0.849 bits per heavy atom. The molecule has 400 valence electrons. The topological polar surface area (TPSA) is 150 Å². The predicted molar refractivity (Wildman–Crippen MR) is 233 cm³/mol. The van der Waals surface area contributed by atoms with Crippen LogP contribution < -0.4 is 0 Å². The lowest BCUT2D eigenvalue weighted by Crippen LogP contribution is -2.61. The SMILES string of the molecule is O=C1C=CC(=O)N1C1CCC(C2CCC(N3C(=O)C4CCC(C(C5CCC6C(=O)N(C7CCC(C8CCC(N9C(=O)C=CC9=O)CC8F)C(F)C7)C(=O)C6C5)(C(F)(F)F)C(F)(F)F)CC4C3=O)CC2F)C(F)C1. The van der Waals surface area contributed by atoms with Crippen LogP contribution in [0.15, 0.2) is 24.3 Å². The molecular weight excluding hydrogens is 987 g/mol. The highest BCUT2D eigenvalue weighted by Gasteiger charge is 2.78. The fourth-order valence-electron chi connectivity index (χ4n) is 16.3. The summed E-state index contributed by atoms with van der Waals surface area (Å²) >= 11 is 0. The monoisotopic (exact) mass is 1040 g/mol. The molecule has 73 heavy (non-hydrogen) atoms. The molecule has 4 aliphatic heterocycles. The Labute approximate surface area is 414 Å². The van der Waals surface area contributed by atoms with Gasteiger partial charge in [-0.25, -0.2) is 17.6 Å². The summed E-state index contributed by atoms with van der Waals surface area (Å²) in [5, 5.41) is 0. The molecular formula is C51H58F10N4O8. The summed E-state index contributed by atoms with van der Waals surface area (Å²) in [6.45, 7) is 0. The molecule has 10 aliphatic rings. The summed E-state index contributed by atoms with van der Waals surface area (Å²) in [6.07, 6.45) is -19.0. The quantitative estimate of drug-likeness (QED) is 0.177. The summed E-state index contributed by atoms with van der Waals surface area (Å²) in [5.41, 5.74) is -4.46. The predicted octanol–water partition coefficient (Wildman–Crippen LogP) is 7.78. The number of nitrogens with zero attached hydrogens (tertiary/aromatic N) is 4. The number of halogens is 10. The summed E-state index contributed by atoms with van der Waals surface area (Å²) in [7, 11) is 0. The summed E-state index contributed by atoms with van der Waals surface area (Å²) in [6, 6.07) is -3.56. The van der Waals surface area contributed by atoms with Gasteiger partial charge in [0.25, 0.3) is 23.6 Å². The number of carbonyl (C=O) groups is 8. The molecule has 18 unspecified atom stereocenters. The smallest absolute Gasteiger partial charge is 0.279 e. The lowest BCUT2D eigenvalue weighted by molar-refractivity contribution is -0.383. The maximum absolute atomic E-state index is 16.1. The van der Waals surface area contributed by atoms with Gasteiger partial charge in [0, 0.05) is 48.5 Å². The van der Waals surface area contributed by atoms with Gasteiger partial charge in [-0.05, 0) is 151 Å². The van der Waals surface area contributed by atoms with Crippen LogP contribution in [-0.2, 0) is 38.4 Å². The number of alkyl halides is 10. The highest BCUT2D eigenvalue weighted by atomic mass is 19.4. The molecule has 8 amide bonds. The molecule has 0 spiro atoms. The lowest BCUT2D eigenvalue weighted by atomic mass is 9.54. The van der Waals surface area contributed by atoms with E-state index in [2.05, 4.69) is 0 Å². The van der Waals surface area contributed by atoms with E-state index in [0.717, 1.165) is 43.9 Å². The number of likely N-dealkylation sites (tertiary alicyclic amines) is 2. The van der Waals surface area contributed by atoms with E-state index in [1.807, 2.05) is 0 Å². The van der Waals surface area contributed by atoms with E-state index in [0.29, 0.717) is 0 Å². The average Bonchev–Trinajstić information content (AvgIpc) is 4.00. The van der Waals surface area contributed by atoms with Crippen LogP contribution in [0.2, 0.25) is 0 Å². The molecule has 18 atom stereocenters. The zero-order chi connectivity index (χ0) is 52.4. The first-order valence-corrected chi connectivity index (χ1v) is 26.0. The Morgan fingerprint density at radius 2 is 0.589 bits per heavy atom. The normalized spacial score (nSPS) is 41.9. The summed E-state index contributed by atoms with van der Waals surface area (Å²) in [5.74, 6) is -19.4. The van der Waals surface area contributed by atoms with E-state index in [4.69, 9.17) is 0 Å². The number of hydrogen-bond acceptors (Lipinski definition) is 8. The third-order valence-corrected chi connectivity index (χ3v) is 19.6. The molecule has 12 nitrogen and oxygen atoms in total. The minimum absolute atomic E-state index is 0.0201. The van der Waals surface area contributed by atoms with Gasteiger partial charge >= 0.3 is 12.4 Å². The van der Waals surface area contributed by atoms with Crippen molar-refractivity contribution in [3.05, 3.63) is 24.3 Å². The van der Waals surface area contributed by atoms with Crippen LogP contribution in [0.25, 0.3) is 0 Å². The second kappa shape index (κ2) is 18.9. The van der Waals surface area contributed by atoms with Gasteiger partial charge in [-0.1, -0.05) is 0 Å². The first-order valence-electron chi connectivity index (χ1n) is 26.0. The molecule has 0 bridgehead atoms. The van der Waals surface area contributed by atoms with E-state index in [1.54, 1.807) is 0 Å². The van der Waals surface area contributed by atoms with Crippen molar-refractivity contribution in [3.8, 4) is 0 Å². The Kier molecular flexibility index (Phi) is 13.4. The zero-order valence-corrected chi connectivity index (χ0v) is 39.8. The Hall–Kier alpha value is -4.66. The van der Waals surface area contributed by atoms with Crippen molar-refractivity contribution in [2.45, 2.75) is 177 Å². The van der Waals surface area contributed by atoms with E-state index in [9.17, 15) is 38.4 Å². The van der Waals surface area contributed by atoms with Gasteiger partial charge in [-0.3, -0.25) is 58.0 Å². The van der Waals surface area contributed by atoms with Crippen molar-refractivity contribution in [3.63, 3.8) is 0 Å². The van der Waals surface area contributed by atoms with Gasteiger partial charge in [0.05, 0.1) is 23.7 Å². The fourth-order valence-corrected chi connectivity index (χ4v) is 16.3. The van der Waals surface area contributed by atoms with Gasteiger partial charge in [0.1, 0.15) is 24.7 Å². The van der Waals surface area contributed by atoms with Crippen molar-refractivity contribution in [1.29, 1.82) is 0 Å². The van der Waals surface area contributed by atoms with Crippen LogP contribution in [0.3, 0.4) is 0 Å². The average molecular weight is 1050 g/mol. The molecule has 0 aromatic heterocycles. The van der Waals surface area contributed by atoms with Crippen LogP contribution in [0.4, 0.5) is 43.9 Å².